The van der Waals surface area contributed by atoms with E-state index in [0.29, 0.717) is 0 Å². The van der Waals surface area contributed by atoms with Crippen molar-refractivity contribution in [2.75, 3.05) is 0 Å². The number of para-hydroxylation sites is 1. The second kappa shape index (κ2) is 5.83. The molecule has 1 atom stereocenters. The number of nitrogens with two attached hydrogens (primary N) is 1. The van der Waals surface area contributed by atoms with E-state index < -0.39 is 5.54 Å². The summed E-state index contributed by atoms with van der Waals surface area (Å²) in [5, 5.41) is 3.01. The zero-order chi connectivity index (χ0) is 14.8. The summed E-state index contributed by atoms with van der Waals surface area (Å²) in [5.41, 5.74) is 6.37. The number of carbonyl (C=O) groups is 1. The van der Waals surface area contributed by atoms with E-state index in [4.69, 9.17) is 10.5 Å². The Kier molecular flexibility index (Phi) is 4.33. The Morgan fingerprint density at radius 1 is 1.30 bits per heavy atom. The summed E-state index contributed by atoms with van der Waals surface area (Å²) in [7, 11) is 0. The van der Waals surface area contributed by atoms with E-state index in [9.17, 15) is 4.79 Å². The van der Waals surface area contributed by atoms with Crippen LogP contribution in [0.1, 0.15) is 51.6 Å². The number of ether oxygens (including phenoxy) is 1. The first kappa shape index (κ1) is 14.9. The van der Waals surface area contributed by atoms with Crippen LogP contribution in [-0.4, -0.2) is 17.6 Å². The third-order valence-corrected chi connectivity index (χ3v) is 3.79. The molecule has 1 fully saturated rings. The molecule has 20 heavy (non-hydrogen) atoms. The maximum atomic E-state index is 12.2. The van der Waals surface area contributed by atoms with Gasteiger partial charge in [0.05, 0.1) is 17.7 Å². The Labute approximate surface area is 120 Å². The quantitative estimate of drug-likeness (QED) is 0.868. The first-order chi connectivity index (χ1) is 9.42. The van der Waals surface area contributed by atoms with Crippen LogP contribution in [0.4, 0.5) is 0 Å². The van der Waals surface area contributed by atoms with E-state index in [2.05, 4.69) is 5.32 Å². The van der Waals surface area contributed by atoms with Crippen molar-refractivity contribution in [1.29, 1.82) is 0 Å². The Hall–Kier alpha value is -1.55. The monoisotopic (exact) mass is 276 g/mol. The van der Waals surface area contributed by atoms with Crippen LogP contribution in [0.2, 0.25) is 0 Å². The summed E-state index contributed by atoms with van der Waals surface area (Å²) in [4.78, 5) is 12.2. The average Bonchev–Trinajstić information content (AvgIpc) is 2.35. The van der Waals surface area contributed by atoms with Gasteiger partial charge < -0.3 is 15.8 Å². The van der Waals surface area contributed by atoms with E-state index in [1.807, 2.05) is 45.0 Å². The van der Waals surface area contributed by atoms with E-state index in [0.717, 1.165) is 30.6 Å². The third kappa shape index (κ3) is 3.12. The van der Waals surface area contributed by atoms with Crippen LogP contribution in [0.5, 0.6) is 5.75 Å². The lowest BCUT2D eigenvalue weighted by Crippen LogP contribution is -2.58. The van der Waals surface area contributed by atoms with Crippen LogP contribution in [0.15, 0.2) is 24.3 Å². The van der Waals surface area contributed by atoms with E-state index >= 15 is 0 Å². The summed E-state index contributed by atoms with van der Waals surface area (Å²) < 4.78 is 5.79. The van der Waals surface area contributed by atoms with Crippen molar-refractivity contribution in [3.05, 3.63) is 29.8 Å². The van der Waals surface area contributed by atoms with Crippen LogP contribution in [-0.2, 0) is 4.79 Å². The highest BCUT2D eigenvalue weighted by Crippen LogP contribution is 2.31. The van der Waals surface area contributed by atoms with Gasteiger partial charge in [-0.1, -0.05) is 18.2 Å². The minimum Gasteiger partial charge on any atom is -0.491 e. The second-order valence-corrected chi connectivity index (χ2v) is 5.91. The summed E-state index contributed by atoms with van der Waals surface area (Å²) >= 11 is 0. The lowest BCUT2D eigenvalue weighted by Gasteiger charge is -2.37. The number of rotatable bonds is 5. The zero-order valence-corrected chi connectivity index (χ0v) is 12.5. The van der Waals surface area contributed by atoms with Gasteiger partial charge in [0, 0.05) is 5.56 Å². The van der Waals surface area contributed by atoms with Crippen molar-refractivity contribution in [2.24, 2.45) is 5.73 Å². The predicted octanol–water partition coefficient (Wildman–Crippen LogP) is 2.53. The molecule has 1 aromatic rings. The molecule has 110 valence electrons. The molecule has 0 saturated heterocycles. The largest absolute Gasteiger partial charge is 0.491 e. The lowest BCUT2D eigenvalue weighted by molar-refractivity contribution is -0.129. The number of nitrogens with one attached hydrogen (secondary N) is 1. The Morgan fingerprint density at radius 2 is 1.95 bits per heavy atom. The molecule has 4 heteroatoms. The number of carbonyl (C=O) groups excluding carboxylic acids is 1. The summed E-state index contributed by atoms with van der Waals surface area (Å²) in [6.07, 6.45) is 2.68. The molecule has 0 bridgehead atoms. The molecule has 1 aliphatic carbocycles. The second-order valence-electron chi connectivity index (χ2n) is 5.91. The van der Waals surface area contributed by atoms with Gasteiger partial charge in [0.25, 0.3) is 0 Å². The molecular formula is C16H24N2O2. The van der Waals surface area contributed by atoms with Gasteiger partial charge in [-0.15, -0.1) is 0 Å². The van der Waals surface area contributed by atoms with Crippen molar-refractivity contribution in [3.8, 4) is 5.75 Å². The molecule has 1 aromatic carbocycles. The van der Waals surface area contributed by atoms with Crippen LogP contribution in [0.3, 0.4) is 0 Å². The van der Waals surface area contributed by atoms with Crippen LogP contribution >= 0.6 is 0 Å². The maximum absolute atomic E-state index is 12.2. The molecular weight excluding hydrogens is 252 g/mol. The van der Waals surface area contributed by atoms with Gasteiger partial charge in [0.2, 0.25) is 5.91 Å². The fraction of sp³-hybridized carbons (Fsp3) is 0.562. The van der Waals surface area contributed by atoms with Crippen molar-refractivity contribution in [1.82, 2.24) is 5.32 Å². The van der Waals surface area contributed by atoms with Crippen molar-refractivity contribution < 1.29 is 9.53 Å². The molecule has 0 aromatic heterocycles. The Balaban J connectivity index is 2.08. The van der Waals surface area contributed by atoms with Gasteiger partial charge in [-0.3, -0.25) is 4.79 Å². The Morgan fingerprint density at radius 3 is 2.50 bits per heavy atom. The van der Waals surface area contributed by atoms with Crippen LogP contribution < -0.4 is 15.8 Å². The number of benzene rings is 1. The zero-order valence-electron chi connectivity index (χ0n) is 12.5. The number of hydrogen-bond donors (Lipinski definition) is 2. The molecule has 1 amide bonds. The predicted molar refractivity (Wildman–Crippen MR) is 79.5 cm³/mol. The van der Waals surface area contributed by atoms with E-state index in [1.165, 1.54) is 0 Å². The SMILES string of the molecule is CC(C)Oc1ccccc1C(C)NC(=O)C1(N)CCC1. The molecule has 2 rings (SSSR count). The minimum atomic E-state index is -0.665. The summed E-state index contributed by atoms with van der Waals surface area (Å²) in [6.45, 7) is 5.94. The van der Waals surface area contributed by atoms with Crippen molar-refractivity contribution in [3.63, 3.8) is 0 Å². The van der Waals surface area contributed by atoms with Gasteiger partial charge in [-0.25, -0.2) is 0 Å². The topological polar surface area (TPSA) is 64.3 Å². The first-order valence-electron chi connectivity index (χ1n) is 7.28. The van der Waals surface area contributed by atoms with Gasteiger partial charge in [0.1, 0.15) is 5.75 Å². The van der Waals surface area contributed by atoms with Crippen LogP contribution in [0.25, 0.3) is 0 Å². The summed E-state index contributed by atoms with van der Waals surface area (Å²) in [5.74, 6) is 0.755. The highest BCUT2D eigenvalue weighted by Gasteiger charge is 2.40. The molecule has 3 N–H and O–H groups in total. The number of hydrogen-bond acceptors (Lipinski definition) is 3. The molecule has 1 aliphatic rings. The molecule has 0 radical (unpaired) electrons. The van der Waals surface area contributed by atoms with Gasteiger partial charge >= 0.3 is 0 Å². The Bertz CT molecular complexity index is 481. The minimum absolute atomic E-state index is 0.0596. The molecule has 0 heterocycles. The van der Waals surface area contributed by atoms with Gasteiger partial charge in [-0.05, 0) is 46.1 Å². The standard InChI is InChI=1S/C16H24N2O2/c1-11(2)20-14-8-5-4-7-13(14)12(3)18-15(19)16(17)9-6-10-16/h4-5,7-8,11-12H,6,9-10,17H2,1-3H3,(H,18,19). The first-order valence-corrected chi connectivity index (χ1v) is 7.28. The van der Waals surface area contributed by atoms with Gasteiger partial charge in [0.15, 0.2) is 0 Å². The van der Waals surface area contributed by atoms with E-state index in [1.54, 1.807) is 0 Å². The molecule has 0 aliphatic heterocycles. The fourth-order valence-electron chi connectivity index (χ4n) is 2.40. The third-order valence-electron chi connectivity index (χ3n) is 3.79. The smallest absolute Gasteiger partial charge is 0.240 e. The highest BCUT2D eigenvalue weighted by atomic mass is 16.5. The molecule has 4 nitrogen and oxygen atoms in total. The average molecular weight is 276 g/mol. The fourth-order valence-corrected chi connectivity index (χ4v) is 2.40. The molecule has 1 unspecified atom stereocenters. The molecule has 1 saturated carbocycles. The van der Waals surface area contributed by atoms with Gasteiger partial charge in [-0.2, -0.15) is 0 Å². The van der Waals surface area contributed by atoms with Crippen molar-refractivity contribution >= 4 is 5.91 Å². The highest BCUT2D eigenvalue weighted by molar-refractivity contribution is 5.87. The van der Waals surface area contributed by atoms with Crippen molar-refractivity contribution in [2.45, 2.75) is 57.7 Å². The number of amides is 1. The maximum Gasteiger partial charge on any atom is 0.240 e. The van der Waals surface area contributed by atoms with Crippen LogP contribution in [0, 0.1) is 0 Å². The van der Waals surface area contributed by atoms with E-state index in [-0.39, 0.29) is 18.1 Å². The normalized spacial score (nSPS) is 18.2. The summed E-state index contributed by atoms with van der Waals surface area (Å²) in [6, 6.07) is 7.68. The molecule has 0 spiro atoms. The lowest BCUT2D eigenvalue weighted by atomic mass is 9.77.